The number of phenolic OH excluding ortho intramolecular Hbond substituents is 1. The first kappa shape index (κ1) is 17.2. The van der Waals surface area contributed by atoms with Crippen molar-refractivity contribution in [2.75, 3.05) is 0 Å². The molecule has 6 nitrogen and oxygen atoms in total. The van der Waals surface area contributed by atoms with Crippen molar-refractivity contribution in [3.63, 3.8) is 0 Å². The lowest BCUT2D eigenvalue weighted by Gasteiger charge is -2.12. The number of pyridine rings is 1. The van der Waals surface area contributed by atoms with Crippen molar-refractivity contribution in [2.45, 2.75) is 6.92 Å². The average Bonchev–Trinajstić information content (AvgIpc) is 3.07. The Morgan fingerprint density at radius 3 is 2.46 bits per heavy atom. The van der Waals surface area contributed by atoms with Crippen LogP contribution in [0.3, 0.4) is 0 Å². The van der Waals surface area contributed by atoms with Crippen molar-refractivity contribution in [1.29, 1.82) is 10.5 Å². The summed E-state index contributed by atoms with van der Waals surface area (Å²) in [7, 11) is 0. The molecule has 0 unspecified atom stereocenters. The Labute approximate surface area is 159 Å². The average molecular weight is 369 g/mol. The van der Waals surface area contributed by atoms with E-state index < -0.39 is 5.82 Å². The number of aryl methyl sites for hydroxylation is 1. The van der Waals surface area contributed by atoms with E-state index >= 15 is 0 Å². The van der Waals surface area contributed by atoms with E-state index in [9.17, 15) is 14.8 Å². The van der Waals surface area contributed by atoms with Crippen molar-refractivity contribution >= 4 is 11.0 Å². The molecule has 0 atom stereocenters. The van der Waals surface area contributed by atoms with Gasteiger partial charge in [-0.2, -0.15) is 15.6 Å². The van der Waals surface area contributed by atoms with Crippen LogP contribution < -0.4 is 0 Å². The number of hydrogen-bond acceptors (Lipinski definition) is 5. The number of hydrogen-bond donors (Lipinski definition) is 2. The number of halogens is 1. The van der Waals surface area contributed by atoms with E-state index in [4.69, 9.17) is 5.26 Å². The molecule has 0 aliphatic rings. The third-order valence-corrected chi connectivity index (χ3v) is 4.50. The van der Waals surface area contributed by atoms with Gasteiger partial charge < -0.3 is 5.11 Å². The van der Waals surface area contributed by atoms with Gasteiger partial charge in [-0.05, 0) is 36.8 Å². The number of nitrogens with zero attached hydrogens (tertiary/aromatic N) is 4. The fraction of sp³-hybridized carbons (Fsp3) is 0.0476. The second-order valence-corrected chi connectivity index (χ2v) is 6.22. The number of aromatic amines is 1. The van der Waals surface area contributed by atoms with Gasteiger partial charge in [-0.15, -0.1) is 0 Å². The molecule has 2 aromatic carbocycles. The number of rotatable bonds is 2. The van der Waals surface area contributed by atoms with Gasteiger partial charge in [-0.3, -0.25) is 5.10 Å². The minimum Gasteiger partial charge on any atom is -0.508 e. The van der Waals surface area contributed by atoms with Crippen LogP contribution in [0.2, 0.25) is 0 Å². The van der Waals surface area contributed by atoms with Crippen molar-refractivity contribution in [3.05, 3.63) is 65.1 Å². The molecule has 0 bridgehead atoms. The lowest BCUT2D eigenvalue weighted by Crippen LogP contribution is -1.98. The van der Waals surface area contributed by atoms with E-state index in [0.717, 1.165) is 11.8 Å². The first-order valence-electron chi connectivity index (χ1n) is 8.31. The Bertz CT molecular complexity index is 1310. The molecular formula is C21H12FN5O. The van der Waals surface area contributed by atoms with Crippen molar-refractivity contribution in [2.24, 2.45) is 0 Å². The summed E-state index contributed by atoms with van der Waals surface area (Å²) in [6.07, 6.45) is 0. The molecule has 2 aromatic heterocycles. The van der Waals surface area contributed by atoms with Crippen LogP contribution in [-0.2, 0) is 0 Å². The second-order valence-electron chi connectivity index (χ2n) is 6.22. The molecule has 0 saturated heterocycles. The molecule has 0 saturated carbocycles. The summed E-state index contributed by atoms with van der Waals surface area (Å²) in [5, 5.41) is 36.1. The summed E-state index contributed by atoms with van der Waals surface area (Å²) < 4.78 is 14.5. The van der Waals surface area contributed by atoms with E-state index in [-0.39, 0.29) is 22.6 Å². The highest BCUT2D eigenvalue weighted by molar-refractivity contribution is 6.00. The summed E-state index contributed by atoms with van der Waals surface area (Å²) in [5.74, 6) is -0.912. The number of phenols is 1. The highest BCUT2D eigenvalue weighted by Crippen LogP contribution is 2.38. The van der Waals surface area contributed by atoms with Crippen molar-refractivity contribution in [1.82, 2.24) is 15.2 Å². The molecule has 134 valence electrons. The minimum absolute atomic E-state index is 0.0896. The third-order valence-electron chi connectivity index (χ3n) is 4.50. The molecule has 4 rings (SSSR count). The molecule has 0 aliphatic carbocycles. The number of nitriles is 2. The fourth-order valence-electron chi connectivity index (χ4n) is 3.20. The topological polar surface area (TPSA) is 109 Å². The van der Waals surface area contributed by atoms with Crippen LogP contribution in [0.5, 0.6) is 5.75 Å². The molecule has 0 amide bonds. The molecule has 2 N–H and O–H groups in total. The Balaban J connectivity index is 2.11. The zero-order valence-corrected chi connectivity index (χ0v) is 14.7. The lowest BCUT2D eigenvalue weighted by atomic mass is 9.92. The normalized spacial score (nSPS) is 10.6. The van der Waals surface area contributed by atoms with E-state index in [1.807, 2.05) is 6.92 Å². The maximum Gasteiger partial charge on any atom is 0.182 e. The SMILES string of the molecule is Cc1[nH]nc2nc(-c3ccc(O)cc3F)c(C#N)c(-c3ccc(C#N)cc3)c12. The van der Waals surface area contributed by atoms with Crippen LogP contribution in [0, 0.1) is 35.4 Å². The molecule has 0 radical (unpaired) electrons. The van der Waals surface area contributed by atoms with Gasteiger partial charge in [0.15, 0.2) is 5.65 Å². The van der Waals surface area contributed by atoms with E-state index in [0.29, 0.717) is 27.7 Å². The number of fused-ring (bicyclic) bond motifs is 1. The van der Waals surface area contributed by atoms with Crippen LogP contribution in [0.4, 0.5) is 4.39 Å². The standard InChI is InChI=1S/C21H12FN5O/c1-11-18-19(13-4-2-12(9-23)3-5-13)16(10-24)20(25-21(18)27-26-11)15-7-6-14(28)8-17(15)22/h2-8,28H,1H3,(H,25,26,27). The van der Waals surface area contributed by atoms with Gasteiger partial charge in [0.1, 0.15) is 17.6 Å². The Morgan fingerprint density at radius 2 is 1.82 bits per heavy atom. The zero-order valence-electron chi connectivity index (χ0n) is 14.7. The van der Waals surface area contributed by atoms with Gasteiger partial charge in [0.05, 0.1) is 28.3 Å². The first-order valence-corrected chi connectivity index (χ1v) is 8.31. The number of aromatic nitrogens is 3. The number of benzene rings is 2. The largest absolute Gasteiger partial charge is 0.508 e. The Hall–Kier alpha value is -4.23. The van der Waals surface area contributed by atoms with Gasteiger partial charge in [0, 0.05) is 22.9 Å². The van der Waals surface area contributed by atoms with Gasteiger partial charge >= 0.3 is 0 Å². The Morgan fingerprint density at radius 1 is 1.07 bits per heavy atom. The molecule has 0 aliphatic heterocycles. The number of aromatic hydroxyl groups is 1. The fourth-order valence-corrected chi connectivity index (χ4v) is 3.20. The van der Waals surface area contributed by atoms with Crippen LogP contribution in [0.1, 0.15) is 16.8 Å². The van der Waals surface area contributed by atoms with Crippen LogP contribution >= 0.6 is 0 Å². The van der Waals surface area contributed by atoms with Gasteiger partial charge in [-0.25, -0.2) is 9.37 Å². The zero-order chi connectivity index (χ0) is 19.8. The van der Waals surface area contributed by atoms with E-state index in [2.05, 4.69) is 27.3 Å². The number of nitrogens with one attached hydrogen (secondary N) is 1. The van der Waals surface area contributed by atoms with Gasteiger partial charge in [0.2, 0.25) is 0 Å². The molecule has 2 heterocycles. The molecule has 0 fully saturated rings. The predicted molar refractivity (Wildman–Crippen MR) is 101 cm³/mol. The van der Waals surface area contributed by atoms with E-state index in [1.54, 1.807) is 24.3 Å². The smallest absolute Gasteiger partial charge is 0.182 e. The summed E-state index contributed by atoms with van der Waals surface area (Å²) in [5.41, 5.74) is 3.21. The van der Waals surface area contributed by atoms with Crippen molar-refractivity contribution < 1.29 is 9.50 Å². The highest BCUT2D eigenvalue weighted by atomic mass is 19.1. The summed E-state index contributed by atoms with van der Waals surface area (Å²) >= 11 is 0. The summed E-state index contributed by atoms with van der Waals surface area (Å²) in [6.45, 7) is 1.81. The van der Waals surface area contributed by atoms with Crippen LogP contribution in [0.25, 0.3) is 33.4 Å². The van der Waals surface area contributed by atoms with Gasteiger partial charge in [0.25, 0.3) is 0 Å². The molecule has 0 spiro atoms. The third kappa shape index (κ3) is 2.63. The van der Waals surface area contributed by atoms with Crippen LogP contribution in [-0.4, -0.2) is 20.3 Å². The van der Waals surface area contributed by atoms with E-state index in [1.165, 1.54) is 12.1 Å². The van der Waals surface area contributed by atoms with Crippen LogP contribution in [0.15, 0.2) is 42.5 Å². The highest BCUT2D eigenvalue weighted by Gasteiger charge is 2.22. The molecule has 4 aromatic rings. The van der Waals surface area contributed by atoms with Crippen molar-refractivity contribution in [3.8, 4) is 40.3 Å². The Kier molecular flexibility index (Phi) is 3.99. The number of H-pyrrole nitrogens is 1. The van der Waals surface area contributed by atoms with Gasteiger partial charge in [-0.1, -0.05) is 12.1 Å². The lowest BCUT2D eigenvalue weighted by molar-refractivity contribution is 0.469. The molecule has 7 heteroatoms. The monoisotopic (exact) mass is 369 g/mol. The molecule has 28 heavy (non-hydrogen) atoms. The summed E-state index contributed by atoms with van der Waals surface area (Å²) in [6, 6.07) is 14.7. The maximum atomic E-state index is 14.5. The maximum absolute atomic E-state index is 14.5. The molecular weight excluding hydrogens is 357 g/mol. The minimum atomic E-state index is -0.693. The first-order chi connectivity index (χ1) is 13.5. The summed E-state index contributed by atoms with van der Waals surface area (Å²) in [4.78, 5) is 4.41. The second kappa shape index (κ2) is 6.49. The quantitative estimate of drug-likeness (QED) is 0.551. The predicted octanol–water partition coefficient (Wildman–Crippen LogP) is 4.19.